The Balaban J connectivity index is 0.00000169. The van der Waals surface area contributed by atoms with Crippen molar-refractivity contribution in [3.63, 3.8) is 0 Å². The van der Waals surface area contributed by atoms with E-state index < -0.39 is 0 Å². The van der Waals surface area contributed by atoms with Crippen LogP contribution >= 0.6 is 12.4 Å². The monoisotopic (exact) mass is 220 g/mol. The summed E-state index contributed by atoms with van der Waals surface area (Å²) in [6.45, 7) is 4.51. The molecule has 3 N–H and O–H groups in total. The summed E-state index contributed by atoms with van der Waals surface area (Å²) in [5.41, 5.74) is 5.33. The number of hydrogen-bond acceptors (Lipinski definition) is 2. The minimum atomic E-state index is -0.122. The van der Waals surface area contributed by atoms with Crippen LogP contribution in [0.1, 0.15) is 39.5 Å². The van der Waals surface area contributed by atoms with E-state index in [9.17, 15) is 4.79 Å². The summed E-state index contributed by atoms with van der Waals surface area (Å²) in [5.74, 6) is 0.183. The molecule has 1 rings (SSSR count). The van der Waals surface area contributed by atoms with Crippen molar-refractivity contribution in [2.45, 2.75) is 45.6 Å². The van der Waals surface area contributed by atoms with Crippen LogP contribution in [0.2, 0.25) is 0 Å². The van der Waals surface area contributed by atoms with Crippen molar-refractivity contribution in [3.05, 3.63) is 0 Å². The maximum absolute atomic E-state index is 11.8. The van der Waals surface area contributed by atoms with E-state index in [4.69, 9.17) is 5.73 Å². The van der Waals surface area contributed by atoms with Crippen molar-refractivity contribution in [2.75, 3.05) is 6.54 Å². The van der Waals surface area contributed by atoms with E-state index in [0.29, 0.717) is 6.54 Å². The smallest absolute Gasteiger partial charge is 0.226 e. The largest absolute Gasteiger partial charge is 0.352 e. The van der Waals surface area contributed by atoms with Crippen LogP contribution < -0.4 is 11.1 Å². The Hall–Kier alpha value is -0.280. The first-order valence-corrected chi connectivity index (χ1v) is 5.09. The summed E-state index contributed by atoms with van der Waals surface area (Å²) in [6.07, 6.45) is 4.41. The number of rotatable bonds is 3. The fraction of sp³-hybridized carbons (Fsp3) is 0.900. The minimum absolute atomic E-state index is 0. The van der Waals surface area contributed by atoms with Gasteiger partial charge in [0.2, 0.25) is 5.91 Å². The predicted octanol–water partition coefficient (Wildman–Crippen LogP) is 1.45. The molecule has 1 amide bonds. The van der Waals surface area contributed by atoms with E-state index >= 15 is 0 Å². The van der Waals surface area contributed by atoms with E-state index in [1.807, 2.05) is 6.92 Å². The predicted molar refractivity (Wildman–Crippen MR) is 60.5 cm³/mol. The first kappa shape index (κ1) is 13.7. The third-order valence-corrected chi connectivity index (χ3v) is 2.99. The van der Waals surface area contributed by atoms with Crippen molar-refractivity contribution in [1.29, 1.82) is 0 Å². The standard InChI is InChI=1S/C10H20N2O.ClH/c1-8(7-11)12-9(13)10(2)5-3-4-6-10;/h8H,3-7,11H2,1-2H3,(H,12,13);1H/t8-;/m0./s1. The molecule has 0 aromatic heterocycles. The van der Waals surface area contributed by atoms with Crippen molar-refractivity contribution in [1.82, 2.24) is 5.32 Å². The summed E-state index contributed by atoms with van der Waals surface area (Å²) < 4.78 is 0. The van der Waals surface area contributed by atoms with E-state index in [-0.39, 0.29) is 29.8 Å². The number of carbonyl (C=O) groups is 1. The third kappa shape index (κ3) is 3.14. The van der Waals surface area contributed by atoms with Gasteiger partial charge in [-0.25, -0.2) is 0 Å². The van der Waals surface area contributed by atoms with Crippen LogP contribution in [0.25, 0.3) is 0 Å². The molecule has 0 aromatic rings. The molecule has 1 saturated carbocycles. The number of halogens is 1. The molecular formula is C10H21ClN2O. The van der Waals surface area contributed by atoms with Crippen LogP contribution in [0.15, 0.2) is 0 Å². The van der Waals surface area contributed by atoms with E-state index in [2.05, 4.69) is 12.2 Å². The van der Waals surface area contributed by atoms with Crippen LogP contribution in [0.4, 0.5) is 0 Å². The van der Waals surface area contributed by atoms with Gasteiger partial charge in [-0.05, 0) is 19.8 Å². The van der Waals surface area contributed by atoms with Crippen molar-refractivity contribution in [2.24, 2.45) is 11.1 Å². The third-order valence-electron chi connectivity index (χ3n) is 2.99. The molecule has 0 radical (unpaired) electrons. The van der Waals surface area contributed by atoms with Gasteiger partial charge in [-0.1, -0.05) is 19.8 Å². The molecule has 3 nitrogen and oxygen atoms in total. The lowest BCUT2D eigenvalue weighted by Crippen LogP contribution is -2.44. The van der Waals surface area contributed by atoms with Gasteiger partial charge in [-0.2, -0.15) is 0 Å². The Labute approximate surface area is 92.2 Å². The molecule has 0 unspecified atom stereocenters. The van der Waals surface area contributed by atoms with E-state index in [1.54, 1.807) is 0 Å². The molecule has 0 aromatic carbocycles. The average Bonchev–Trinajstić information content (AvgIpc) is 2.53. The summed E-state index contributed by atoms with van der Waals surface area (Å²) in [6, 6.07) is 0.102. The highest BCUT2D eigenvalue weighted by atomic mass is 35.5. The Bertz CT molecular complexity index is 191. The van der Waals surface area contributed by atoms with Crippen LogP contribution in [0.5, 0.6) is 0 Å². The highest BCUT2D eigenvalue weighted by molar-refractivity contribution is 5.85. The zero-order valence-electron chi connectivity index (χ0n) is 9.01. The molecule has 84 valence electrons. The molecule has 0 bridgehead atoms. The summed E-state index contributed by atoms with van der Waals surface area (Å²) in [5, 5.41) is 2.95. The lowest BCUT2D eigenvalue weighted by atomic mass is 9.87. The van der Waals surface area contributed by atoms with Crippen molar-refractivity contribution < 1.29 is 4.79 Å². The van der Waals surface area contributed by atoms with Gasteiger partial charge in [0, 0.05) is 18.0 Å². The van der Waals surface area contributed by atoms with Crippen LogP contribution in [0, 0.1) is 5.41 Å². The summed E-state index contributed by atoms with van der Waals surface area (Å²) in [4.78, 5) is 11.8. The van der Waals surface area contributed by atoms with Crippen LogP contribution in [-0.4, -0.2) is 18.5 Å². The van der Waals surface area contributed by atoms with Gasteiger partial charge in [0.1, 0.15) is 0 Å². The van der Waals surface area contributed by atoms with Gasteiger partial charge in [-0.3, -0.25) is 4.79 Å². The number of hydrogen-bond donors (Lipinski definition) is 2. The second-order valence-electron chi connectivity index (χ2n) is 4.38. The molecule has 0 spiro atoms. The number of nitrogens with one attached hydrogen (secondary N) is 1. The molecule has 4 heteroatoms. The zero-order valence-corrected chi connectivity index (χ0v) is 9.82. The average molecular weight is 221 g/mol. The molecular weight excluding hydrogens is 200 g/mol. The number of amides is 1. The lowest BCUT2D eigenvalue weighted by Gasteiger charge is -2.24. The Morgan fingerprint density at radius 2 is 2.00 bits per heavy atom. The maximum Gasteiger partial charge on any atom is 0.226 e. The molecule has 0 heterocycles. The summed E-state index contributed by atoms with van der Waals surface area (Å²) in [7, 11) is 0. The van der Waals surface area contributed by atoms with Crippen molar-refractivity contribution in [3.8, 4) is 0 Å². The van der Waals surface area contributed by atoms with Gasteiger partial charge in [0.25, 0.3) is 0 Å². The highest BCUT2D eigenvalue weighted by Gasteiger charge is 2.36. The molecule has 1 aliphatic rings. The van der Waals surface area contributed by atoms with E-state index in [0.717, 1.165) is 12.8 Å². The van der Waals surface area contributed by atoms with Gasteiger partial charge < -0.3 is 11.1 Å². The first-order valence-electron chi connectivity index (χ1n) is 5.09. The summed E-state index contributed by atoms with van der Waals surface area (Å²) >= 11 is 0. The molecule has 1 aliphatic carbocycles. The first-order chi connectivity index (χ1) is 6.08. The van der Waals surface area contributed by atoms with Gasteiger partial charge in [-0.15, -0.1) is 12.4 Å². The fourth-order valence-corrected chi connectivity index (χ4v) is 1.84. The molecule has 1 fully saturated rings. The lowest BCUT2D eigenvalue weighted by molar-refractivity contribution is -0.130. The Morgan fingerprint density at radius 3 is 2.43 bits per heavy atom. The fourth-order valence-electron chi connectivity index (χ4n) is 1.84. The Morgan fingerprint density at radius 1 is 1.50 bits per heavy atom. The number of carbonyl (C=O) groups excluding carboxylic acids is 1. The molecule has 0 aliphatic heterocycles. The normalized spacial score (nSPS) is 21.1. The topological polar surface area (TPSA) is 55.1 Å². The van der Waals surface area contributed by atoms with E-state index in [1.165, 1.54) is 12.8 Å². The highest BCUT2D eigenvalue weighted by Crippen LogP contribution is 2.37. The zero-order chi connectivity index (χ0) is 9.90. The SMILES string of the molecule is C[C@@H](CN)NC(=O)C1(C)CCCC1.Cl. The number of nitrogens with two attached hydrogens (primary N) is 1. The minimum Gasteiger partial charge on any atom is -0.352 e. The molecule has 1 atom stereocenters. The maximum atomic E-state index is 11.8. The quantitative estimate of drug-likeness (QED) is 0.757. The second-order valence-corrected chi connectivity index (χ2v) is 4.38. The van der Waals surface area contributed by atoms with Crippen molar-refractivity contribution >= 4 is 18.3 Å². The molecule has 0 saturated heterocycles. The second kappa shape index (κ2) is 5.56. The van der Waals surface area contributed by atoms with Gasteiger partial charge >= 0.3 is 0 Å². The van der Waals surface area contributed by atoms with Crippen LogP contribution in [0.3, 0.4) is 0 Å². The Kier molecular flexibility index (Phi) is 5.45. The van der Waals surface area contributed by atoms with Gasteiger partial charge in [0.15, 0.2) is 0 Å². The molecule has 14 heavy (non-hydrogen) atoms. The van der Waals surface area contributed by atoms with Crippen LogP contribution in [-0.2, 0) is 4.79 Å². The van der Waals surface area contributed by atoms with Gasteiger partial charge in [0.05, 0.1) is 0 Å².